The summed E-state index contributed by atoms with van der Waals surface area (Å²) in [6.07, 6.45) is 8.74. The summed E-state index contributed by atoms with van der Waals surface area (Å²) < 4.78 is 0. The van der Waals surface area contributed by atoms with Gasteiger partial charge in [-0.1, -0.05) is 38.5 Å². The molecule has 2 aliphatic carbocycles. The van der Waals surface area contributed by atoms with E-state index in [0.29, 0.717) is 12.3 Å². The second-order valence-corrected chi connectivity index (χ2v) is 5.03. The second-order valence-electron chi connectivity index (χ2n) is 4.61. The van der Waals surface area contributed by atoms with Crippen LogP contribution in [0.3, 0.4) is 0 Å². The highest BCUT2D eigenvalue weighted by Crippen LogP contribution is 2.46. The van der Waals surface area contributed by atoms with E-state index in [9.17, 15) is 4.79 Å². The molecule has 0 aromatic rings. The summed E-state index contributed by atoms with van der Waals surface area (Å²) in [5, 5.41) is -0.121. The minimum atomic E-state index is -0.121. The summed E-state index contributed by atoms with van der Waals surface area (Å²) in [4.78, 5) is 10.9. The molecule has 2 saturated carbocycles. The first-order chi connectivity index (χ1) is 6.27. The minimum absolute atomic E-state index is 0.121. The fourth-order valence-corrected chi connectivity index (χ4v) is 3.51. The van der Waals surface area contributed by atoms with E-state index in [2.05, 4.69) is 0 Å². The Morgan fingerprint density at radius 2 is 1.54 bits per heavy atom. The zero-order chi connectivity index (χ0) is 9.26. The van der Waals surface area contributed by atoms with Crippen molar-refractivity contribution < 1.29 is 4.79 Å². The largest absolute Gasteiger partial charge is 0.281 e. The maximum Gasteiger partial charge on any atom is 0.221 e. The van der Waals surface area contributed by atoms with Crippen molar-refractivity contribution in [2.75, 3.05) is 0 Å². The molecule has 0 heterocycles. The fourth-order valence-electron chi connectivity index (χ4n) is 3.33. The van der Waals surface area contributed by atoms with Gasteiger partial charge in [0.2, 0.25) is 5.24 Å². The van der Waals surface area contributed by atoms with Crippen molar-refractivity contribution in [2.45, 2.75) is 44.9 Å². The van der Waals surface area contributed by atoms with Crippen LogP contribution in [-0.2, 0) is 4.79 Å². The van der Waals surface area contributed by atoms with Crippen molar-refractivity contribution in [2.24, 2.45) is 17.8 Å². The number of hydrogen-bond donors (Lipinski definition) is 0. The Morgan fingerprint density at radius 3 is 1.92 bits per heavy atom. The van der Waals surface area contributed by atoms with Gasteiger partial charge in [-0.3, -0.25) is 4.79 Å². The van der Waals surface area contributed by atoms with Crippen molar-refractivity contribution in [1.82, 2.24) is 0 Å². The van der Waals surface area contributed by atoms with E-state index in [1.165, 1.54) is 38.5 Å². The zero-order valence-corrected chi connectivity index (χ0v) is 8.72. The molecule has 0 unspecified atom stereocenters. The van der Waals surface area contributed by atoms with Crippen LogP contribution in [-0.4, -0.2) is 5.24 Å². The highest BCUT2D eigenvalue weighted by Gasteiger charge is 2.36. The predicted octanol–water partition coefficient (Wildman–Crippen LogP) is 3.36. The summed E-state index contributed by atoms with van der Waals surface area (Å²) in [5.74, 6) is 2.26. The molecule has 0 aromatic carbocycles. The first-order valence-corrected chi connectivity index (χ1v) is 5.83. The third kappa shape index (κ3) is 2.07. The summed E-state index contributed by atoms with van der Waals surface area (Å²) in [7, 11) is 0. The fraction of sp³-hybridized carbons (Fsp3) is 0.909. The van der Waals surface area contributed by atoms with Gasteiger partial charge in [-0.15, -0.1) is 0 Å². The van der Waals surface area contributed by atoms with Gasteiger partial charge >= 0.3 is 0 Å². The van der Waals surface area contributed by atoms with Gasteiger partial charge < -0.3 is 0 Å². The Bertz CT molecular complexity index is 180. The highest BCUT2D eigenvalue weighted by molar-refractivity contribution is 6.63. The maximum atomic E-state index is 10.9. The molecule has 0 amide bonds. The van der Waals surface area contributed by atoms with E-state index in [4.69, 9.17) is 11.6 Å². The van der Waals surface area contributed by atoms with Gasteiger partial charge in [-0.25, -0.2) is 0 Å². The number of carbonyl (C=O) groups excluding carboxylic acids is 1. The molecule has 0 N–H and O–H groups in total. The maximum absolute atomic E-state index is 10.9. The summed E-state index contributed by atoms with van der Waals surface area (Å²) >= 11 is 5.48. The lowest BCUT2D eigenvalue weighted by Gasteiger charge is -2.42. The normalized spacial score (nSPS) is 38.7. The van der Waals surface area contributed by atoms with Crippen LogP contribution in [0.5, 0.6) is 0 Å². The van der Waals surface area contributed by atoms with Gasteiger partial charge in [0.05, 0.1) is 0 Å². The van der Waals surface area contributed by atoms with Crippen LogP contribution < -0.4 is 0 Å². The van der Waals surface area contributed by atoms with E-state index in [1.54, 1.807) is 0 Å². The SMILES string of the molecule is O=C(Cl)CC1C2CCCC1CCC2. The van der Waals surface area contributed by atoms with Crippen LogP contribution in [0, 0.1) is 17.8 Å². The smallest absolute Gasteiger partial charge is 0.221 e. The number of rotatable bonds is 2. The van der Waals surface area contributed by atoms with E-state index in [0.717, 1.165) is 11.8 Å². The van der Waals surface area contributed by atoms with Crippen LogP contribution in [0.25, 0.3) is 0 Å². The summed E-state index contributed by atoms with van der Waals surface area (Å²) in [5.41, 5.74) is 0. The molecular formula is C11H17ClO. The number of carbonyl (C=O) groups is 1. The monoisotopic (exact) mass is 200 g/mol. The molecule has 2 aliphatic rings. The Hall–Kier alpha value is -0.0400. The van der Waals surface area contributed by atoms with Gasteiger partial charge in [-0.05, 0) is 29.4 Å². The van der Waals surface area contributed by atoms with Gasteiger partial charge in [0.15, 0.2) is 0 Å². The number of halogens is 1. The van der Waals surface area contributed by atoms with E-state index in [-0.39, 0.29) is 5.24 Å². The molecule has 74 valence electrons. The Morgan fingerprint density at radius 1 is 1.08 bits per heavy atom. The molecule has 2 fully saturated rings. The Labute approximate surface area is 84.8 Å². The molecule has 0 atom stereocenters. The molecule has 0 aromatic heterocycles. The molecule has 2 rings (SSSR count). The highest BCUT2D eigenvalue weighted by atomic mass is 35.5. The second kappa shape index (κ2) is 4.00. The average molecular weight is 201 g/mol. The van der Waals surface area contributed by atoms with Crippen LogP contribution in [0.4, 0.5) is 0 Å². The van der Waals surface area contributed by atoms with Gasteiger partial charge in [0.25, 0.3) is 0 Å². The quantitative estimate of drug-likeness (QED) is 0.625. The molecular weight excluding hydrogens is 184 g/mol. The van der Waals surface area contributed by atoms with Crippen LogP contribution in [0.2, 0.25) is 0 Å². The van der Waals surface area contributed by atoms with Gasteiger partial charge in [-0.2, -0.15) is 0 Å². The van der Waals surface area contributed by atoms with E-state index in [1.807, 2.05) is 0 Å². The van der Waals surface area contributed by atoms with Crippen molar-refractivity contribution >= 4 is 16.8 Å². The molecule has 0 saturated heterocycles. The van der Waals surface area contributed by atoms with Crippen molar-refractivity contribution in [3.63, 3.8) is 0 Å². The molecule has 0 aliphatic heterocycles. The number of hydrogen-bond acceptors (Lipinski definition) is 1. The lowest BCUT2D eigenvalue weighted by Crippen LogP contribution is -2.33. The van der Waals surface area contributed by atoms with Crippen molar-refractivity contribution in [3.05, 3.63) is 0 Å². The van der Waals surface area contributed by atoms with E-state index >= 15 is 0 Å². The first-order valence-electron chi connectivity index (χ1n) is 5.45. The third-order valence-corrected chi connectivity index (χ3v) is 4.06. The third-order valence-electron chi connectivity index (χ3n) is 3.91. The molecule has 0 radical (unpaired) electrons. The molecule has 13 heavy (non-hydrogen) atoms. The van der Waals surface area contributed by atoms with Crippen LogP contribution in [0.15, 0.2) is 0 Å². The summed E-state index contributed by atoms with van der Waals surface area (Å²) in [6.45, 7) is 0. The average Bonchev–Trinajstić information content (AvgIpc) is 2.02. The molecule has 2 heteroatoms. The Balaban J connectivity index is 2.02. The standard InChI is InChI=1S/C11H17ClO/c12-11(13)7-10-8-3-1-4-9(10)6-2-5-8/h8-10H,1-7H2. The lowest BCUT2D eigenvalue weighted by atomic mass is 9.64. The first kappa shape index (κ1) is 9.51. The zero-order valence-electron chi connectivity index (χ0n) is 7.97. The van der Waals surface area contributed by atoms with Gasteiger partial charge in [0, 0.05) is 6.42 Å². The van der Waals surface area contributed by atoms with Crippen LogP contribution in [0.1, 0.15) is 44.9 Å². The predicted molar refractivity (Wildman–Crippen MR) is 53.6 cm³/mol. The molecule has 0 spiro atoms. The lowest BCUT2D eigenvalue weighted by molar-refractivity contribution is -0.114. The van der Waals surface area contributed by atoms with Crippen LogP contribution >= 0.6 is 11.6 Å². The number of fused-ring (bicyclic) bond motifs is 2. The minimum Gasteiger partial charge on any atom is -0.281 e. The van der Waals surface area contributed by atoms with E-state index < -0.39 is 0 Å². The Kier molecular flexibility index (Phi) is 2.92. The topological polar surface area (TPSA) is 17.1 Å². The van der Waals surface area contributed by atoms with Gasteiger partial charge in [0.1, 0.15) is 0 Å². The molecule has 2 bridgehead atoms. The van der Waals surface area contributed by atoms with Crippen molar-refractivity contribution in [3.8, 4) is 0 Å². The van der Waals surface area contributed by atoms with Crippen molar-refractivity contribution in [1.29, 1.82) is 0 Å². The molecule has 1 nitrogen and oxygen atoms in total. The summed E-state index contributed by atoms with van der Waals surface area (Å²) in [6, 6.07) is 0.